The summed E-state index contributed by atoms with van der Waals surface area (Å²) >= 11 is 0. The van der Waals surface area contributed by atoms with E-state index >= 15 is 0 Å². The van der Waals surface area contributed by atoms with Crippen LogP contribution in [0.5, 0.6) is 0 Å². The molecule has 0 aromatic heterocycles. The van der Waals surface area contributed by atoms with Crippen LogP contribution in [0.4, 0.5) is 0 Å². The molecule has 0 aliphatic heterocycles. The van der Waals surface area contributed by atoms with Crippen molar-refractivity contribution in [2.45, 2.75) is 45.1 Å². The van der Waals surface area contributed by atoms with Gasteiger partial charge in [-0.2, -0.15) is 0 Å². The third-order valence-corrected chi connectivity index (χ3v) is 3.43. The highest BCUT2D eigenvalue weighted by molar-refractivity contribution is 5.04. The van der Waals surface area contributed by atoms with Crippen molar-refractivity contribution in [1.29, 1.82) is 0 Å². The monoisotopic (exact) mass is 163 g/mol. The first-order valence-corrected chi connectivity index (χ1v) is 4.98. The van der Waals surface area contributed by atoms with Crippen molar-refractivity contribution in [3.63, 3.8) is 0 Å². The Morgan fingerprint density at radius 2 is 2.17 bits per heavy atom. The van der Waals surface area contributed by atoms with E-state index in [0.29, 0.717) is 0 Å². The van der Waals surface area contributed by atoms with Gasteiger partial charge in [0.2, 0.25) is 0 Å². The van der Waals surface area contributed by atoms with E-state index < -0.39 is 0 Å². The van der Waals surface area contributed by atoms with Crippen LogP contribution in [0.25, 0.3) is 0 Å². The summed E-state index contributed by atoms with van der Waals surface area (Å²) in [6, 6.07) is 0.783. The van der Waals surface area contributed by atoms with E-state index in [-0.39, 0.29) is 0 Å². The van der Waals surface area contributed by atoms with E-state index in [2.05, 4.69) is 17.2 Å². The second-order valence-electron chi connectivity index (χ2n) is 4.27. The van der Waals surface area contributed by atoms with Crippen LogP contribution in [0.3, 0.4) is 0 Å². The zero-order chi connectivity index (χ0) is 8.44. The molecule has 0 unspecified atom stereocenters. The minimum atomic E-state index is 0.783. The average molecular weight is 163 g/mol. The number of hydrogen-bond acceptors (Lipinski definition) is 1. The van der Waals surface area contributed by atoms with E-state index in [1.807, 2.05) is 6.92 Å². The van der Waals surface area contributed by atoms with Crippen molar-refractivity contribution >= 4 is 0 Å². The molecule has 0 radical (unpaired) electrons. The van der Waals surface area contributed by atoms with Gasteiger partial charge in [-0.3, -0.25) is 0 Å². The summed E-state index contributed by atoms with van der Waals surface area (Å²) in [7, 11) is 0. The predicted octanol–water partition coefficient (Wildman–Crippen LogP) is 1.93. The average Bonchev–Trinajstić information content (AvgIpc) is 1.90. The van der Waals surface area contributed by atoms with Gasteiger partial charge >= 0.3 is 0 Å². The van der Waals surface area contributed by atoms with Gasteiger partial charge in [-0.15, -0.1) is 5.92 Å². The standard InChI is InChI=1S/C11H17N/c1-2-3-7-12-10-8-11(9-10)5-4-6-11/h10,12H,4-9H2,1H3. The van der Waals surface area contributed by atoms with Crippen molar-refractivity contribution in [3.05, 3.63) is 0 Å². The SMILES string of the molecule is CC#CCNC1CC2(CCC2)C1. The van der Waals surface area contributed by atoms with Crippen molar-refractivity contribution in [3.8, 4) is 11.8 Å². The van der Waals surface area contributed by atoms with E-state index in [4.69, 9.17) is 0 Å². The molecule has 0 saturated heterocycles. The van der Waals surface area contributed by atoms with E-state index in [0.717, 1.165) is 18.0 Å². The first kappa shape index (κ1) is 8.13. The lowest BCUT2D eigenvalue weighted by Crippen LogP contribution is -2.52. The Bertz CT molecular complexity index is 209. The Balaban J connectivity index is 1.63. The molecule has 0 aromatic rings. The molecule has 1 spiro atoms. The molecule has 2 saturated carbocycles. The molecule has 2 aliphatic rings. The van der Waals surface area contributed by atoms with Gasteiger partial charge in [0.05, 0.1) is 6.54 Å². The summed E-state index contributed by atoms with van der Waals surface area (Å²) in [5, 5.41) is 3.47. The third kappa shape index (κ3) is 1.36. The molecule has 2 rings (SSSR count). The number of hydrogen-bond donors (Lipinski definition) is 1. The summed E-state index contributed by atoms with van der Waals surface area (Å²) in [5.74, 6) is 5.96. The molecule has 0 atom stereocenters. The quantitative estimate of drug-likeness (QED) is 0.613. The molecule has 1 nitrogen and oxygen atoms in total. The van der Waals surface area contributed by atoms with Crippen LogP contribution in [-0.2, 0) is 0 Å². The van der Waals surface area contributed by atoms with Gasteiger partial charge in [-0.1, -0.05) is 12.3 Å². The van der Waals surface area contributed by atoms with Crippen LogP contribution in [0, 0.1) is 17.3 Å². The van der Waals surface area contributed by atoms with Crippen molar-refractivity contribution in [2.24, 2.45) is 5.41 Å². The first-order chi connectivity index (χ1) is 5.85. The van der Waals surface area contributed by atoms with Crippen LogP contribution in [0.2, 0.25) is 0 Å². The van der Waals surface area contributed by atoms with Crippen molar-refractivity contribution in [2.75, 3.05) is 6.54 Å². The van der Waals surface area contributed by atoms with Gasteiger partial charge in [-0.25, -0.2) is 0 Å². The Morgan fingerprint density at radius 1 is 1.42 bits per heavy atom. The van der Waals surface area contributed by atoms with Crippen LogP contribution < -0.4 is 5.32 Å². The topological polar surface area (TPSA) is 12.0 Å². The third-order valence-electron chi connectivity index (χ3n) is 3.43. The largest absolute Gasteiger partial charge is 0.303 e. The van der Waals surface area contributed by atoms with Gasteiger partial charge < -0.3 is 5.32 Å². The van der Waals surface area contributed by atoms with Crippen molar-refractivity contribution in [1.82, 2.24) is 5.32 Å². The fraction of sp³-hybridized carbons (Fsp3) is 0.818. The molecule has 1 heteroatoms. The van der Waals surface area contributed by atoms with Gasteiger partial charge in [0.25, 0.3) is 0 Å². The molecular weight excluding hydrogens is 146 g/mol. The normalized spacial score (nSPS) is 25.4. The maximum absolute atomic E-state index is 3.47. The number of nitrogens with one attached hydrogen (secondary N) is 1. The molecule has 2 aliphatic carbocycles. The zero-order valence-corrected chi connectivity index (χ0v) is 7.82. The Hall–Kier alpha value is -0.480. The lowest BCUT2D eigenvalue weighted by atomic mass is 9.54. The molecule has 2 fully saturated rings. The molecule has 0 bridgehead atoms. The predicted molar refractivity (Wildman–Crippen MR) is 50.8 cm³/mol. The molecule has 0 aromatic carbocycles. The lowest BCUT2D eigenvalue weighted by molar-refractivity contribution is -0.000494. The Morgan fingerprint density at radius 3 is 2.67 bits per heavy atom. The van der Waals surface area contributed by atoms with Crippen LogP contribution in [0.15, 0.2) is 0 Å². The zero-order valence-electron chi connectivity index (χ0n) is 7.82. The van der Waals surface area contributed by atoms with Crippen LogP contribution >= 0.6 is 0 Å². The second-order valence-corrected chi connectivity index (χ2v) is 4.27. The molecule has 66 valence electrons. The highest BCUT2D eigenvalue weighted by Gasteiger charge is 2.47. The molecular formula is C11H17N. The Labute approximate surface area is 74.9 Å². The van der Waals surface area contributed by atoms with E-state index in [9.17, 15) is 0 Å². The molecule has 12 heavy (non-hydrogen) atoms. The summed E-state index contributed by atoms with van der Waals surface area (Å²) in [6.07, 6.45) is 7.29. The fourth-order valence-electron chi connectivity index (χ4n) is 2.50. The van der Waals surface area contributed by atoms with Gasteiger partial charge in [0.1, 0.15) is 0 Å². The van der Waals surface area contributed by atoms with E-state index in [1.54, 1.807) is 0 Å². The van der Waals surface area contributed by atoms with Crippen LogP contribution in [0.1, 0.15) is 39.0 Å². The second kappa shape index (κ2) is 3.11. The number of rotatable bonds is 2. The summed E-state index contributed by atoms with van der Waals surface area (Å²) in [4.78, 5) is 0. The Kier molecular flexibility index (Phi) is 2.11. The summed E-state index contributed by atoms with van der Waals surface area (Å²) in [6.45, 7) is 2.78. The molecule has 0 amide bonds. The van der Waals surface area contributed by atoms with Gasteiger partial charge in [0.15, 0.2) is 0 Å². The fourth-order valence-corrected chi connectivity index (χ4v) is 2.50. The van der Waals surface area contributed by atoms with Crippen LogP contribution in [-0.4, -0.2) is 12.6 Å². The van der Waals surface area contributed by atoms with Crippen molar-refractivity contribution < 1.29 is 0 Å². The lowest BCUT2D eigenvalue weighted by Gasteiger charge is -2.54. The maximum atomic E-state index is 3.47. The maximum Gasteiger partial charge on any atom is 0.0578 e. The summed E-state index contributed by atoms with van der Waals surface area (Å²) in [5.41, 5.74) is 0.803. The summed E-state index contributed by atoms with van der Waals surface area (Å²) < 4.78 is 0. The molecule has 1 N–H and O–H groups in total. The minimum Gasteiger partial charge on any atom is -0.303 e. The highest BCUT2D eigenvalue weighted by Crippen LogP contribution is 2.55. The first-order valence-electron chi connectivity index (χ1n) is 4.98. The van der Waals surface area contributed by atoms with Gasteiger partial charge in [0, 0.05) is 6.04 Å². The minimum absolute atomic E-state index is 0.783. The highest BCUT2D eigenvalue weighted by atomic mass is 14.9. The molecule has 0 heterocycles. The smallest absolute Gasteiger partial charge is 0.0578 e. The van der Waals surface area contributed by atoms with Gasteiger partial charge in [-0.05, 0) is 38.0 Å². The van der Waals surface area contributed by atoms with E-state index in [1.165, 1.54) is 32.1 Å².